The average molecular weight is 434 g/mol. The van der Waals surface area contributed by atoms with Gasteiger partial charge in [-0.3, -0.25) is 9.97 Å². The third-order valence-corrected chi connectivity index (χ3v) is 6.31. The largest absolute Gasteiger partial charge is 0.447 e. The number of hydrogen-bond acceptors (Lipinski definition) is 5. The molecule has 0 bridgehead atoms. The predicted octanol–water partition coefficient (Wildman–Crippen LogP) is 5.68. The first-order chi connectivity index (χ1) is 14.9. The van der Waals surface area contributed by atoms with Gasteiger partial charge in [0.2, 0.25) is 0 Å². The smallest absolute Gasteiger partial charge is 0.410 e. The summed E-state index contributed by atoms with van der Waals surface area (Å²) in [6.07, 6.45) is 11.6. The summed E-state index contributed by atoms with van der Waals surface area (Å²) < 4.78 is 5.32. The molecule has 1 aliphatic carbocycles. The minimum Gasteiger partial charge on any atom is -0.447 e. The Bertz CT molecular complexity index is 662. The van der Waals surface area contributed by atoms with Gasteiger partial charge in [0, 0.05) is 19.3 Å². The number of ether oxygens (including phenoxy) is 1. The fraction of sp³-hybridized carbons (Fsp3) is 0.760. The molecular weight excluding hydrogens is 390 g/mol. The van der Waals surface area contributed by atoms with Crippen LogP contribution in [0.2, 0.25) is 0 Å². The zero-order valence-electron chi connectivity index (χ0n) is 20.6. The number of carbonyl (C=O) groups is 2. The van der Waals surface area contributed by atoms with Crippen LogP contribution in [0.4, 0.5) is 4.79 Å². The fourth-order valence-corrected chi connectivity index (χ4v) is 4.81. The standard InChI is InChI=1S/C22H35N3O2.C2H6.CH2O/c1-16(2)27-21(26)25-11-9-22(10-12-25)13-19(14-22)7-5-6-8-20-18(4)24-17(3)15-23-20;2*1-2/h15-16,19H,5-14H2,1-4H3;1-2H3;1H2. The van der Waals surface area contributed by atoms with Gasteiger partial charge in [0.05, 0.1) is 23.2 Å². The lowest BCUT2D eigenvalue weighted by Crippen LogP contribution is -2.49. The molecule has 31 heavy (non-hydrogen) atoms. The zero-order valence-corrected chi connectivity index (χ0v) is 20.6. The Morgan fingerprint density at radius 3 is 2.35 bits per heavy atom. The van der Waals surface area contributed by atoms with E-state index in [2.05, 4.69) is 16.9 Å². The van der Waals surface area contributed by atoms with Gasteiger partial charge in [0.1, 0.15) is 6.79 Å². The van der Waals surface area contributed by atoms with E-state index in [1.54, 1.807) is 0 Å². The second kappa shape index (κ2) is 13.4. The minimum atomic E-state index is -0.134. The Hall–Kier alpha value is -1.98. The van der Waals surface area contributed by atoms with Crippen molar-refractivity contribution in [1.82, 2.24) is 14.9 Å². The third kappa shape index (κ3) is 8.23. The highest BCUT2D eigenvalue weighted by molar-refractivity contribution is 5.67. The molecule has 2 aliphatic rings. The van der Waals surface area contributed by atoms with E-state index in [4.69, 9.17) is 9.53 Å². The molecule has 0 aromatic carbocycles. The van der Waals surface area contributed by atoms with Gasteiger partial charge in [0.15, 0.2) is 0 Å². The average Bonchev–Trinajstić information content (AvgIpc) is 2.74. The number of aryl methyl sites for hydroxylation is 3. The Morgan fingerprint density at radius 2 is 1.81 bits per heavy atom. The summed E-state index contributed by atoms with van der Waals surface area (Å²) in [5.41, 5.74) is 3.75. The summed E-state index contributed by atoms with van der Waals surface area (Å²) in [5, 5.41) is 0. The highest BCUT2D eigenvalue weighted by atomic mass is 16.6. The quantitative estimate of drug-likeness (QED) is 0.539. The number of hydrogen-bond donors (Lipinski definition) is 0. The van der Waals surface area contributed by atoms with E-state index in [-0.39, 0.29) is 12.2 Å². The lowest BCUT2D eigenvalue weighted by atomic mass is 9.56. The molecule has 2 heterocycles. The third-order valence-electron chi connectivity index (χ3n) is 6.31. The molecule has 0 radical (unpaired) electrons. The maximum absolute atomic E-state index is 12.0. The topological polar surface area (TPSA) is 72.4 Å². The van der Waals surface area contributed by atoms with Crippen molar-refractivity contribution < 1.29 is 14.3 Å². The number of nitrogens with zero attached hydrogens (tertiary/aromatic N) is 3. The first-order valence-electron chi connectivity index (χ1n) is 11.9. The molecule has 176 valence electrons. The van der Waals surface area contributed by atoms with Crippen LogP contribution in [0.25, 0.3) is 0 Å². The van der Waals surface area contributed by atoms with Gasteiger partial charge in [-0.05, 0) is 77.6 Å². The SMILES string of the molecule is C=O.CC.Cc1cnc(CCCCC2CC3(CCN(C(=O)OC(C)C)CC3)C2)c(C)n1. The second-order valence-electron chi connectivity index (χ2n) is 8.98. The van der Waals surface area contributed by atoms with E-state index in [1.165, 1.54) is 32.1 Å². The fourth-order valence-electron chi connectivity index (χ4n) is 4.81. The molecule has 6 heteroatoms. The number of aromatic nitrogens is 2. The summed E-state index contributed by atoms with van der Waals surface area (Å²) in [7, 11) is 0. The molecule has 1 saturated carbocycles. The molecule has 1 spiro atoms. The van der Waals surface area contributed by atoms with Crippen molar-refractivity contribution in [2.75, 3.05) is 13.1 Å². The Labute approximate surface area is 189 Å². The number of rotatable bonds is 6. The molecule has 1 saturated heterocycles. The molecule has 3 rings (SSSR count). The van der Waals surface area contributed by atoms with E-state index < -0.39 is 0 Å². The number of unbranched alkanes of at least 4 members (excludes halogenated alkanes) is 1. The highest BCUT2D eigenvalue weighted by Crippen LogP contribution is 2.54. The van der Waals surface area contributed by atoms with Gasteiger partial charge in [-0.25, -0.2) is 4.79 Å². The van der Waals surface area contributed by atoms with Crippen LogP contribution in [0.15, 0.2) is 6.20 Å². The number of piperidine rings is 1. The second-order valence-corrected chi connectivity index (χ2v) is 8.98. The van der Waals surface area contributed by atoms with Gasteiger partial charge >= 0.3 is 6.09 Å². The molecule has 0 atom stereocenters. The maximum Gasteiger partial charge on any atom is 0.410 e. The summed E-state index contributed by atoms with van der Waals surface area (Å²) in [4.78, 5) is 30.9. The van der Waals surface area contributed by atoms with Crippen LogP contribution >= 0.6 is 0 Å². The van der Waals surface area contributed by atoms with Gasteiger partial charge in [-0.15, -0.1) is 0 Å². The van der Waals surface area contributed by atoms with Crippen LogP contribution in [-0.4, -0.2) is 46.9 Å². The number of amides is 1. The first-order valence-corrected chi connectivity index (χ1v) is 11.9. The molecule has 1 amide bonds. The lowest BCUT2D eigenvalue weighted by molar-refractivity contribution is -0.0980. The highest BCUT2D eigenvalue weighted by Gasteiger charge is 2.45. The van der Waals surface area contributed by atoms with E-state index >= 15 is 0 Å². The molecule has 0 unspecified atom stereocenters. The molecule has 1 aliphatic heterocycles. The van der Waals surface area contributed by atoms with E-state index in [1.807, 2.05) is 52.5 Å². The summed E-state index contributed by atoms with van der Waals surface area (Å²) in [6, 6.07) is 0. The van der Waals surface area contributed by atoms with E-state index in [0.717, 1.165) is 55.4 Å². The van der Waals surface area contributed by atoms with Crippen molar-refractivity contribution in [3.63, 3.8) is 0 Å². The maximum atomic E-state index is 12.0. The number of likely N-dealkylation sites (tertiary alicyclic amines) is 1. The Morgan fingerprint density at radius 1 is 1.19 bits per heavy atom. The lowest BCUT2D eigenvalue weighted by Gasteiger charge is -2.52. The molecule has 6 nitrogen and oxygen atoms in total. The van der Waals surface area contributed by atoms with Gasteiger partial charge in [0.25, 0.3) is 0 Å². The summed E-state index contributed by atoms with van der Waals surface area (Å²) >= 11 is 0. The van der Waals surface area contributed by atoms with Gasteiger partial charge in [-0.1, -0.05) is 26.7 Å². The first kappa shape index (κ1) is 27.1. The van der Waals surface area contributed by atoms with Crippen LogP contribution in [0, 0.1) is 25.2 Å². The van der Waals surface area contributed by atoms with Crippen molar-refractivity contribution in [3.05, 3.63) is 23.3 Å². The molecular formula is C25H43N3O3. The van der Waals surface area contributed by atoms with Crippen molar-refractivity contribution >= 4 is 12.9 Å². The number of carbonyl (C=O) groups excluding carboxylic acids is 2. The predicted molar refractivity (Wildman–Crippen MR) is 125 cm³/mol. The van der Waals surface area contributed by atoms with Gasteiger partial charge in [-0.2, -0.15) is 0 Å². The van der Waals surface area contributed by atoms with Crippen LogP contribution in [0.3, 0.4) is 0 Å². The van der Waals surface area contributed by atoms with Crippen LogP contribution in [0.1, 0.15) is 89.7 Å². The van der Waals surface area contributed by atoms with Crippen molar-refractivity contribution in [2.45, 2.75) is 99.0 Å². The monoisotopic (exact) mass is 433 g/mol. The van der Waals surface area contributed by atoms with Crippen LogP contribution < -0.4 is 0 Å². The minimum absolute atomic E-state index is 0.0313. The van der Waals surface area contributed by atoms with Crippen LogP contribution in [-0.2, 0) is 16.0 Å². The molecule has 1 aromatic heterocycles. The van der Waals surface area contributed by atoms with Crippen molar-refractivity contribution in [3.8, 4) is 0 Å². The van der Waals surface area contributed by atoms with Crippen molar-refractivity contribution in [1.29, 1.82) is 0 Å². The normalized spacial score (nSPS) is 17.2. The molecule has 0 N–H and O–H groups in total. The molecule has 2 fully saturated rings. The van der Waals surface area contributed by atoms with Crippen molar-refractivity contribution in [2.24, 2.45) is 11.3 Å². The van der Waals surface area contributed by atoms with Crippen LogP contribution in [0.5, 0.6) is 0 Å². The van der Waals surface area contributed by atoms with E-state index in [9.17, 15) is 4.79 Å². The Balaban J connectivity index is 0.00000113. The Kier molecular flexibility index (Phi) is 11.7. The van der Waals surface area contributed by atoms with E-state index in [0.29, 0.717) is 5.41 Å². The zero-order chi connectivity index (χ0) is 23.4. The van der Waals surface area contributed by atoms with Gasteiger partial charge < -0.3 is 14.4 Å². The summed E-state index contributed by atoms with van der Waals surface area (Å²) in [5.74, 6) is 0.879. The summed E-state index contributed by atoms with van der Waals surface area (Å²) in [6.45, 7) is 15.6. The molecule has 1 aromatic rings.